The number of rotatable bonds is 5. The van der Waals surface area contributed by atoms with Crippen LogP contribution in [0.2, 0.25) is 0 Å². The molecule has 1 aromatic rings. The molecule has 0 saturated heterocycles. The standard InChI is InChI=1S/C17H24N2O3/c1-17(16(21)22-2,14-11-7-4-8-12-14)19-18-15(20)13-9-5-3-6-10-13/h3,5-6,9-10,14,19H,4,7-8,11-12H2,1-2H3,(H,18,20). The third-order valence-electron chi connectivity index (χ3n) is 4.50. The summed E-state index contributed by atoms with van der Waals surface area (Å²) < 4.78 is 4.95. The number of nitrogens with one attached hydrogen (secondary N) is 2. The molecule has 0 aliphatic heterocycles. The molecule has 0 aromatic heterocycles. The average Bonchev–Trinajstić information content (AvgIpc) is 2.60. The zero-order chi connectivity index (χ0) is 16.0. The molecular weight excluding hydrogens is 280 g/mol. The van der Waals surface area contributed by atoms with Gasteiger partial charge in [-0.3, -0.25) is 10.2 Å². The molecular formula is C17H24N2O3. The molecule has 2 N–H and O–H groups in total. The van der Waals surface area contributed by atoms with Crippen LogP contribution in [0.4, 0.5) is 0 Å². The minimum absolute atomic E-state index is 0.157. The molecule has 0 bridgehead atoms. The van der Waals surface area contributed by atoms with Crippen LogP contribution in [0, 0.1) is 5.92 Å². The molecule has 1 unspecified atom stereocenters. The fraction of sp³-hybridized carbons (Fsp3) is 0.529. The van der Waals surface area contributed by atoms with Crippen molar-refractivity contribution in [1.82, 2.24) is 10.9 Å². The summed E-state index contributed by atoms with van der Waals surface area (Å²) in [5.74, 6) is -0.441. The van der Waals surface area contributed by atoms with E-state index < -0.39 is 5.54 Å². The Labute approximate surface area is 131 Å². The van der Waals surface area contributed by atoms with E-state index in [-0.39, 0.29) is 17.8 Å². The fourth-order valence-electron chi connectivity index (χ4n) is 3.06. The highest BCUT2D eigenvalue weighted by Crippen LogP contribution is 2.33. The van der Waals surface area contributed by atoms with Gasteiger partial charge >= 0.3 is 5.97 Å². The van der Waals surface area contributed by atoms with Crippen LogP contribution in [0.1, 0.15) is 49.4 Å². The van der Waals surface area contributed by atoms with Crippen molar-refractivity contribution >= 4 is 11.9 Å². The van der Waals surface area contributed by atoms with Crippen molar-refractivity contribution in [2.75, 3.05) is 7.11 Å². The highest BCUT2D eigenvalue weighted by atomic mass is 16.5. The predicted molar refractivity (Wildman–Crippen MR) is 84.0 cm³/mol. The van der Waals surface area contributed by atoms with Crippen LogP contribution in [-0.4, -0.2) is 24.5 Å². The van der Waals surface area contributed by atoms with Crippen LogP contribution in [-0.2, 0) is 9.53 Å². The fourth-order valence-corrected chi connectivity index (χ4v) is 3.06. The Morgan fingerprint density at radius 1 is 1.14 bits per heavy atom. The normalized spacial score (nSPS) is 18.3. The number of benzene rings is 1. The molecule has 5 nitrogen and oxygen atoms in total. The molecule has 1 saturated carbocycles. The minimum Gasteiger partial charge on any atom is -0.468 e. The van der Waals surface area contributed by atoms with Gasteiger partial charge in [-0.2, -0.15) is 0 Å². The number of amides is 1. The van der Waals surface area contributed by atoms with E-state index >= 15 is 0 Å². The van der Waals surface area contributed by atoms with Crippen LogP contribution in [0.15, 0.2) is 30.3 Å². The second-order valence-electron chi connectivity index (χ2n) is 5.97. The zero-order valence-corrected chi connectivity index (χ0v) is 13.2. The molecule has 5 heteroatoms. The second kappa shape index (κ2) is 7.40. The Hall–Kier alpha value is -1.88. The van der Waals surface area contributed by atoms with Gasteiger partial charge in [0.2, 0.25) is 0 Å². The van der Waals surface area contributed by atoms with Crippen molar-refractivity contribution in [2.24, 2.45) is 5.92 Å². The first-order valence-electron chi connectivity index (χ1n) is 7.79. The van der Waals surface area contributed by atoms with Crippen molar-refractivity contribution in [2.45, 2.75) is 44.6 Å². The summed E-state index contributed by atoms with van der Waals surface area (Å²) in [5, 5.41) is 0. The van der Waals surface area contributed by atoms with E-state index in [1.807, 2.05) is 6.07 Å². The van der Waals surface area contributed by atoms with Crippen molar-refractivity contribution < 1.29 is 14.3 Å². The molecule has 0 spiro atoms. The van der Waals surface area contributed by atoms with Gasteiger partial charge < -0.3 is 4.74 Å². The van der Waals surface area contributed by atoms with Crippen LogP contribution in [0.25, 0.3) is 0 Å². The molecule has 1 aliphatic carbocycles. The van der Waals surface area contributed by atoms with Crippen molar-refractivity contribution in [3.05, 3.63) is 35.9 Å². The molecule has 1 aromatic carbocycles. The lowest BCUT2D eigenvalue weighted by molar-refractivity contribution is -0.151. The second-order valence-corrected chi connectivity index (χ2v) is 5.97. The predicted octanol–water partition coefficient (Wildman–Crippen LogP) is 2.43. The quantitative estimate of drug-likeness (QED) is 0.647. The maximum absolute atomic E-state index is 12.2. The summed E-state index contributed by atoms with van der Waals surface area (Å²) in [6, 6.07) is 8.91. The molecule has 2 rings (SSSR count). The minimum atomic E-state index is -0.903. The van der Waals surface area contributed by atoms with Gasteiger partial charge in [-0.15, -0.1) is 0 Å². The van der Waals surface area contributed by atoms with Gasteiger partial charge in [-0.05, 0) is 37.8 Å². The lowest BCUT2D eigenvalue weighted by Crippen LogP contribution is -2.61. The van der Waals surface area contributed by atoms with Gasteiger partial charge in [0, 0.05) is 5.56 Å². The molecule has 0 heterocycles. The monoisotopic (exact) mass is 304 g/mol. The number of carbonyl (C=O) groups excluding carboxylic acids is 2. The first-order chi connectivity index (χ1) is 10.6. The van der Waals surface area contributed by atoms with E-state index in [1.54, 1.807) is 31.2 Å². The molecule has 120 valence electrons. The zero-order valence-electron chi connectivity index (χ0n) is 13.2. The van der Waals surface area contributed by atoms with Crippen LogP contribution in [0.5, 0.6) is 0 Å². The SMILES string of the molecule is COC(=O)C(C)(NNC(=O)c1ccccc1)C1CCCCC1. The van der Waals surface area contributed by atoms with E-state index in [2.05, 4.69) is 10.9 Å². The summed E-state index contributed by atoms with van der Waals surface area (Å²) in [7, 11) is 1.38. The summed E-state index contributed by atoms with van der Waals surface area (Å²) in [6.45, 7) is 1.81. The van der Waals surface area contributed by atoms with E-state index in [1.165, 1.54) is 13.5 Å². The molecule has 0 radical (unpaired) electrons. The maximum Gasteiger partial charge on any atom is 0.327 e. The van der Waals surface area contributed by atoms with Gasteiger partial charge in [0.05, 0.1) is 7.11 Å². The molecule has 1 aliphatic rings. The van der Waals surface area contributed by atoms with Gasteiger partial charge in [-0.25, -0.2) is 10.2 Å². The third-order valence-corrected chi connectivity index (χ3v) is 4.50. The van der Waals surface area contributed by atoms with Gasteiger partial charge in [-0.1, -0.05) is 37.5 Å². The van der Waals surface area contributed by atoms with Crippen LogP contribution >= 0.6 is 0 Å². The molecule has 1 fully saturated rings. The summed E-state index contributed by atoms with van der Waals surface area (Å²) >= 11 is 0. The number of esters is 1. The number of carbonyl (C=O) groups is 2. The first-order valence-corrected chi connectivity index (χ1v) is 7.79. The Kier molecular flexibility index (Phi) is 5.55. The largest absolute Gasteiger partial charge is 0.468 e. The lowest BCUT2D eigenvalue weighted by Gasteiger charge is -2.38. The number of methoxy groups -OCH3 is 1. The Bertz CT molecular complexity index is 512. The topological polar surface area (TPSA) is 67.4 Å². The highest BCUT2D eigenvalue weighted by molar-refractivity contribution is 5.94. The van der Waals surface area contributed by atoms with E-state index in [4.69, 9.17) is 4.74 Å². The highest BCUT2D eigenvalue weighted by Gasteiger charge is 2.43. The summed E-state index contributed by atoms with van der Waals surface area (Å²) in [4.78, 5) is 24.4. The number of hydrogen-bond acceptors (Lipinski definition) is 4. The molecule has 1 amide bonds. The molecule has 1 atom stereocenters. The van der Waals surface area contributed by atoms with Crippen molar-refractivity contribution in [1.29, 1.82) is 0 Å². The maximum atomic E-state index is 12.2. The van der Waals surface area contributed by atoms with Gasteiger partial charge in [0.25, 0.3) is 5.91 Å². The van der Waals surface area contributed by atoms with E-state index in [0.29, 0.717) is 5.56 Å². The Morgan fingerprint density at radius 3 is 2.36 bits per heavy atom. The Morgan fingerprint density at radius 2 is 1.77 bits per heavy atom. The summed E-state index contributed by atoms with van der Waals surface area (Å²) in [6.07, 6.45) is 5.32. The first kappa shape index (κ1) is 16.5. The lowest BCUT2D eigenvalue weighted by atomic mass is 9.76. The van der Waals surface area contributed by atoms with Gasteiger partial charge in [0.15, 0.2) is 0 Å². The van der Waals surface area contributed by atoms with E-state index in [9.17, 15) is 9.59 Å². The molecule has 22 heavy (non-hydrogen) atoms. The smallest absolute Gasteiger partial charge is 0.327 e. The average molecular weight is 304 g/mol. The number of hydrazine groups is 1. The third kappa shape index (κ3) is 3.65. The Balaban J connectivity index is 2.06. The van der Waals surface area contributed by atoms with Crippen LogP contribution < -0.4 is 10.9 Å². The number of ether oxygens (including phenoxy) is 1. The van der Waals surface area contributed by atoms with Crippen LogP contribution in [0.3, 0.4) is 0 Å². The van der Waals surface area contributed by atoms with Crippen molar-refractivity contribution in [3.8, 4) is 0 Å². The van der Waals surface area contributed by atoms with Gasteiger partial charge in [0.1, 0.15) is 5.54 Å². The number of hydrogen-bond donors (Lipinski definition) is 2. The van der Waals surface area contributed by atoms with Crippen molar-refractivity contribution in [3.63, 3.8) is 0 Å². The summed E-state index contributed by atoms with van der Waals surface area (Å²) in [5.41, 5.74) is 5.25. The van der Waals surface area contributed by atoms with E-state index in [0.717, 1.165) is 25.7 Å².